The zero-order valence-corrected chi connectivity index (χ0v) is 21.7. The van der Waals surface area contributed by atoms with Crippen molar-refractivity contribution >= 4 is 76.8 Å². The van der Waals surface area contributed by atoms with Crippen molar-refractivity contribution in [2.75, 3.05) is 18.1 Å². The number of aliphatic carboxylic acids is 1. The maximum atomic E-state index is 13.0. The molecule has 2 saturated heterocycles. The maximum absolute atomic E-state index is 13.0. The van der Waals surface area contributed by atoms with Crippen molar-refractivity contribution in [3.05, 3.63) is 53.3 Å². The predicted octanol–water partition coefficient (Wildman–Crippen LogP) is 0.166. The SMILES string of the molecule is O=C(CSc1nnnn1-c1ccccc1)N[C@@H]1C(=O)N2C(C(=O)O)=C(/C=C3\CCN(C4CC4)C3=O)CS[C@H]12.[NaH]. The summed E-state index contributed by atoms with van der Waals surface area (Å²) in [5.74, 6) is -1.85. The van der Waals surface area contributed by atoms with Gasteiger partial charge in [-0.2, -0.15) is 4.68 Å². The van der Waals surface area contributed by atoms with Gasteiger partial charge in [0.05, 0.1) is 11.4 Å². The number of nitrogens with one attached hydrogen (secondary N) is 1. The Labute approximate surface area is 253 Å². The summed E-state index contributed by atoms with van der Waals surface area (Å²) in [6, 6.07) is 8.72. The molecule has 15 heteroatoms. The number of nitrogens with zero attached hydrogens (tertiary/aromatic N) is 6. The number of hydrogen-bond donors (Lipinski definition) is 2. The van der Waals surface area contributed by atoms with Crippen LogP contribution < -0.4 is 5.32 Å². The number of amides is 3. The van der Waals surface area contributed by atoms with E-state index in [2.05, 4.69) is 20.8 Å². The Bertz CT molecular complexity index is 1390. The second-order valence-corrected chi connectivity index (χ2v) is 11.3. The minimum absolute atomic E-state index is 0. The second-order valence-electron chi connectivity index (χ2n) is 9.28. The standard InChI is InChI=1S/C24H23N7O5S2.Na.H/c32-17(12-38-24-26-27-28-31(24)16-4-2-1-3-5-16)25-18-21(34)30-19(23(35)36)14(11-37-22(18)30)10-13-8-9-29(20(13)33)15-6-7-15;;/h1-5,10,15,18,22H,6-9,11-12H2,(H,25,32)(H,35,36);;/b13-10+;;/t18-,22-;;/m1../s1. The van der Waals surface area contributed by atoms with E-state index >= 15 is 0 Å². The molecule has 12 nitrogen and oxygen atoms in total. The molecule has 1 aromatic heterocycles. The zero-order chi connectivity index (χ0) is 26.4. The van der Waals surface area contributed by atoms with Gasteiger partial charge in [0, 0.05) is 23.9 Å². The fourth-order valence-corrected chi connectivity index (χ4v) is 6.82. The van der Waals surface area contributed by atoms with E-state index in [1.807, 2.05) is 35.2 Å². The van der Waals surface area contributed by atoms with E-state index in [9.17, 15) is 24.3 Å². The number of carboxylic acids is 1. The first-order chi connectivity index (χ1) is 18.4. The quantitative estimate of drug-likeness (QED) is 0.192. The number of likely N-dealkylation sites (tertiary alicyclic amines) is 1. The Morgan fingerprint density at radius 1 is 1.21 bits per heavy atom. The first-order valence-corrected chi connectivity index (χ1v) is 14.1. The molecular weight excluding hydrogens is 553 g/mol. The third-order valence-corrected chi connectivity index (χ3v) is 9.01. The topological polar surface area (TPSA) is 151 Å². The number of β-lactam (4-membered cyclic amide) rings is 1. The van der Waals surface area contributed by atoms with Gasteiger partial charge >= 0.3 is 35.5 Å². The van der Waals surface area contributed by atoms with E-state index in [4.69, 9.17) is 0 Å². The number of para-hydroxylation sites is 1. The molecule has 39 heavy (non-hydrogen) atoms. The molecule has 2 atom stereocenters. The summed E-state index contributed by atoms with van der Waals surface area (Å²) in [5.41, 5.74) is 1.66. The molecule has 0 bridgehead atoms. The molecule has 3 amide bonds. The van der Waals surface area contributed by atoms with Crippen molar-refractivity contribution in [3.63, 3.8) is 0 Å². The number of carbonyl (C=O) groups excluding carboxylic acids is 3. The van der Waals surface area contributed by atoms with Crippen LogP contribution in [0.4, 0.5) is 0 Å². The second kappa shape index (κ2) is 11.5. The van der Waals surface area contributed by atoms with Gasteiger partial charge in [0.15, 0.2) is 0 Å². The van der Waals surface area contributed by atoms with Crippen LogP contribution in [0, 0.1) is 0 Å². The van der Waals surface area contributed by atoms with Gasteiger partial charge in [-0.3, -0.25) is 19.3 Å². The molecule has 0 spiro atoms. The molecular formula is C24H24N7NaO5S2. The van der Waals surface area contributed by atoms with Gasteiger partial charge in [-0.1, -0.05) is 30.0 Å². The zero-order valence-electron chi connectivity index (χ0n) is 20.0. The Morgan fingerprint density at radius 3 is 2.69 bits per heavy atom. The number of tetrazole rings is 1. The molecule has 3 fully saturated rings. The average molecular weight is 578 g/mol. The predicted molar refractivity (Wildman–Crippen MR) is 144 cm³/mol. The average Bonchev–Trinajstić information content (AvgIpc) is 3.54. The monoisotopic (exact) mass is 577 g/mol. The number of rotatable bonds is 8. The Balaban J connectivity index is 0.00000308. The van der Waals surface area contributed by atoms with Gasteiger partial charge in [-0.05, 0) is 53.5 Å². The molecule has 4 heterocycles. The molecule has 1 aromatic carbocycles. The normalized spacial score (nSPS) is 23.4. The van der Waals surface area contributed by atoms with Gasteiger partial charge in [0.25, 0.3) is 5.91 Å². The van der Waals surface area contributed by atoms with Gasteiger partial charge in [0.1, 0.15) is 17.1 Å². The van der Waals surface area contributed by atoms with Crippen molar-refractivity contribution in [2.45, 2.75) is 41.9 Å². The third-order valence-electron chi connectivity index (χ3n) is 6.78. The van der Waals surface area contributed by atoms with E-state index in [0.717, 1.165) is 30.3 Å². The molecule has 198 valence electrons. The van der Waals surface area contributed by atoms with E-state index < -0.39 is 23.3 Å². The van der Waals surface area contributed by atoms with Gasteiger partial charge < -0.3 is 15.3 Å². The van der Waals surface area contributed by atoms with Crippen molar-refractivity contribution in [1.29, 1.82) is 0 Å². The van der Waals surface area contributed by atoms with Crippen LogP contribution in [-0.4, -0.2) is 124 Å². The van der Waals surface area contributed by atoms with Crippen LogP contribution >= 0.6 is 23.5 Å². The number of carboxylic acid groups (broad SMARTS) is 1. The first-order valence-electron chi connectivity index (χ1n) is 12.1. The third kappa shape index (κ3) is 5.40. The Morgan fingerprint density at radius 2 is 1.97 bits per heavy atom. The summed E-state index contributed by atoms with van der Waals surface area (Å²) >= 11 is 2.50. The van der Waals surface area contributed by atoms with Crippen molar-refractivity contribution in [1.82, 2.24) is 35.3 Å². The number of benzene rings is 1. The Kier molecular flexibility index (Phi) is 8.19. The molecule has 0 radical (unpaired) electrons. The molecule has 2 N–H and O–H groups in total. The fraction of sp³-hybridized carbons (Fsp3) is 0.375. The molecule has 2 aromatic rings. The molecule has 1 saturated carbocycles. The van der Waals surface area contributed by atoms with Gasteiger partial charge in [0.2, 0.25) is 17.0 Å². The van der Waals surface area contributed by atoms with Crippen LogP contribution in [-0.2, 0) is 19.2 Å². The van der Waals surface area contributed by atoms with Gasteiger partial charge in [-0.25, -0.2) is 4.79 Å². The van der Waals surface area contributed by atoms with E-state index in [0.29, 0.717) is 41.1 Å². The number of carbonyl (C=O) groups is 4. The van der Waals surface area contributed by atoms with Crippen molar-refractivity contribution in [2.24, 2.45) is 0 Å². The summed E-state index contributed by atoms with van der Waals surface area (Å²) in [7, 11) is 0. The van der Waals surface area contributed by atoms with E-state index in [1.165, 1.54) is 21.3 Å². The number of allylic oxidation sites excluding steroid dienone is 1. The summed E-state index contributed by atoms with van der Waals surface area (Å²) in [6.45, 7) is 0.646. The van der Waals surface area contributed by atoms with Crippen molar-refractivity contribution in [3.8, 4) is 5.69 Å². The van der Waals surface area contributed by atoms with Crippen LogP contribution in [0.25, 0.3) is 5.69 Å². The molecule has 4 aliphatic rings. The van der Waals surface area contributed by atoms with Crippen LogP contribution in [0.1, 0.15) is 19.3 Å². The van der Waals surface area contributed by atoms with E-state index in [-0.39, 0.29) is 52.8 Å². The fourth-order valence-electron chi connectivity index (χ4n) is 4.81. The summed E-state index contributed by atoms with van der Waals surface area (Å²) in [6.07, 6.45) is 4.23. The van der Waals surface area contributed by atoms with Crippen LogP contribution in [0.15, 0.2) is 58.4 Å². The van der Waals surface area contributed by atoms with E-state index in [1.54, 1.807) is 6.08 Å². The number of hydrogen-bond acceptors (Lipinski definition) is 9. The summed E-state index contributed by atoms with van der Waals surface area (Å²) in [4.78, 5) is 53.6. The molecule has 6 rings (SSSR count). The van der Waals surface area contributed by atoms with Gasteiger partial charge in [-0.15, -0.1) is 16.9 Å². The number of fused-ring (bicyclic) bond motifs is 1. The number of aromatic nitrogens is 4. The Hall–Kier alpha value is -2.65. The van der Waals surface area contributed by atoms with Crippen LogP contribution in [0.2, 0.25) is 0 Å². The molecule has 1 aliphatic carbocycles. The summed E-state index contributed by atoms with van der Waals surface area (Å²) < 4.78 is 1.52. The number of thioether (sulfide) groups is 2. The van der Waals surface area contributed by atoms with Crippen molar-refractivity contribution < 1.29 is 24.3 Å². The summed E-state index contributed by atoms with van der Waals surface area (Å²) in [5, 5.41) is 24.1. The van der Waals surface area contributed by atoms with Crippen LogP contribution in [0.5, 0.6) is 0 Å². The van der Waals surface area contributed by atoms with Crippen LogP contribution in [0.3, 0.4) is 0 Å². The first kappa shape index (κ1) is 27.9. The minimum atomic E-state index is -1.23. The molecule has 3 aliphatic heterocycles. The molecule has 0 unspecified atom stereocenters.